The fraction of sp³-hybridized carbons (Fsp3) is 0.581. The van der Waals surface area contributed by atoms with Crippen LogP contribution in [-0.2, 0) is 4.74 Å². The third kappa shape index (κ3) is 9.40. The normalized spacial score (nSPS) is 18.4. The number of ether oxygens (including phenoxy) is 1. The van der Waals surface area contributed by atoms with Gasteiger partial charge in [-0.3, -0.25) is 9.98 Å². The zero-order valence-corrected chi connectivity index (χ0v) is 24.0. The Morgan fingerprint density at radius 3 is 2.33 bits per heavy atom. The molecule has 198 valence electrons. The summed E-state index contributed by atoms with van der Waals surface area (Å²) in [7, 11) is 1.82. The van der Waals surface area contributed by atoms with Gasteiger partial charge in [-0.05, 0) is 107 Å². The zero-order chi connectivity index (χ0) is 26.9. The number of likely N-dealkylation sites (tertiary alicyclic amines) is 1. The van der Waals surface area contributed by atoms with Crippen molar-refractivity contribution in [2.45, 2.75) is 86.7 Å². The number of hydrogen-bond acceptors (Lipinski definition) is 4. The molecule has 0 bridgehead atoms. The van der Waals surface area contributed by atoms with Crippen molar-refractivity contribution in [2.24, 2.45) is 16.8 Å². The highest BCUT2D eigenvalue weighted by atomic mass is 16.6. The van der Waals surface area contributed by atoms with Crippen LogP contribution in [0.1, 0.15) is 85.4 Å². The highest BCUT2D eigenvalue weighted by Gasteiger charge is 2.42. The molecule has 1 saturated heterocycles. The number of carbonyl (C=O) groups excluding carboxylic acids is 1. The molecule has 0 radical (unpaired) electrons. The number of hydrogen-bond donors (Lipinski definition) is 0. The van der Waals surface area contributed by atoms with Crippen LogP contribution in [0.4, 0.5) is 4.79 Å². The van der Waals surface area contributed by atoms with E-state index in [1.807, 2.05) is 44.3 Å². The fourth-order valence-electron chi connectivity index (χ4n) is 4.19. The maximum atomic E-state index is 11.7. The van der Waals surface area contributed by atoms with Gasteiger partial charge >= 0.3 is 6.09 Å². The summed E-state index contributed by atoms with van der Waals surface area (Å²) in [5, 5.41) is 0. The van der Waals surface area contributed by atoms with Crippen LogP contribution in [-0.4, -0.2) is 47.9 Å². The predicted molar refractivity (Wildman–Crippen MR) is 152 cm³/mol. The lowest BCUT2D eigenvalue weighted by Gasteiger charge is -2.30. The van der Waals surface area contributed by atoms with Gasteiger partial charge in [0.2, 0.25) is 0 Å². The fourth-order valence-corrected chi connectivity index (χ4v) is 4.19. The molecule has 0 aromatic carbocycles. The molecule has 1 aromatic heterocycles. The number of aryl methyl sites for hydroxylation is 1. The van der Waals surface area contributed by atoms with Crippen molar-refractivity contribution >= 4 is 17.9 Å². The Balaban J connectivity index is 0.000000278. The van der Waals surface area contributed by atoms with Gasteiger partial charge in [-0.2, -0.15) is 0 Å². The first-order chi connectivity index (χ1) is 17.0. The van der Waals surface area contributed by atoms with E-state index in [1.165, 1.54) is 27.9 Å². The quantitative estimate of drug-likeness (QED) is 0.300. The van der Waals surface area contributed by atoms with Gasteiger partial charge in [-0.1, -0.05) is 38.5 Å². The van der Waals surface area contributed by atoms with E-state index in [0.717, 1.165) is 50.4 Å². The molecule has 36 heavy (non-hydrogen) atoms. The molecule has 1 saturated carbocycles. The number of piperidine rings is 1. The maximum Gasteiger partial charge on any atom is 0.410 e. The van der Waals surface area contributed by atoms with Crippen molar-refractivity contribution in [2.75, 3.05) is 20.1 Å². The number of carbonyl (C=O) groups is 1. The van der Waals surface area contributed by atoms with Gasteiger partial charge in [-0.25, -0.2) is 4.79 Å². The minimum Gasteiger partial charge on any atom is -0.443 e. The lowest BCUT2D eigenvalue weighted by atomic mass is 9.93. The number of nitrogens with zero attached hydrogens (tertiary/aromatic N) is 3. The Morgan fingerprint density at radius 2 is 1.83 bits per heavy atom. The Labute approximate surface area is 219 Å². The molecule has 0 unspecified atom stereocenters. The number of aromatic nitrogens is 1. The summed E-state index contributed by atoms with van der Waals surface area (Å²) in [4.78, 5) is 22.1. The molecule has 2 fully saturated rings. The zero-order valence-electron chi connectivity index (χ0n) is 24.0. The van der Waals surface area contributed by atoms with E-state index in [-0.39, 0.29) is 11.7 Å². The van der Waals surface area contributed by atoms with Gasteiger partial charge in [0.05, 0.1) is 0 Å². The number of aliphatic imine (C=N–C) groups is 1. The Morgan fingerprint density at radius 1 is 1.19 bits per heavy atom. The van der Waals surface area contributed by atoms with Crippen molar-refractivity contribution < 1.29 is 9.53 Å². The Hall–Kier alpha value is -2.69. The smallest absolute Gasteiger partial charge is 0.410 e. The molecule has 5 nitrogen and oxygen atoms in total. The molecule has 1 amide bonds. The summed E-state index contributed by atoms with van der Waals surface area (Å²) in [5.41, 5.74) is 7.10. The van der Waals surface area contributed by atoms with Crippen molar-refractivity contribution in [1.82, 2.24) is 9.88 Å². The van der Waals surface area contributed by atoms with E-state index in [0.29, 0.717) is 5.92 Å². The summed E-state index contributed by atoms with van der Waals surface area (Å²) in [5.74, 6) is 1.21. The van der Waals surface area contributed by atoms with E-state index < -0.39 is 0 Å². The van der Waals surface area contributed by atoms with Crippen LogP contribution in [0, 0.1) is 18.8 Å². The lowest BCUT2D eigenvalue weighted by Crippen LogP contribution is -2.39. The Kier molecular flexibility index (Phi) is 11.1. The lowest BCUT2D eigenvalue weighted by molar-refractivity contribution is 0.0499. The van der Waals surface area contributed by atoms with E-state index in [2.05, 4.69) is 69.7 Å². The topological polar surface area (TPSA) is 54.8 Å². The molecule has 1 aliphatic heterocycles. The van der Waals surface area contributed by atoms with Crippen molar-refractivity contribution in [3.63, 3.8) is 0 Å². The molecule has 1 aliphatic carbocycles. The second-order valence-electron chi connectivity index (χ2n) is 11.1. The summed E-state index contributed by atoms with van der Waals surface area (Å²) in [6.07, 6.45) is 12.4. The van der Waals surface area contributed by atoms with Gasteiger partial charge in [0.15, 0.2) is 0 Å². The highest BCUT2D eigenvalue weighted by molar-refractivity contribution is 5.88. The molecule has 2 heterocycles. The molecule has 0 N–H and O–H groups in total. The molecular formula is C31H47N3O2. The van der Waals surface area contributed by atoms with E-state index in [9.17, 15) is 4.79 Å². The third-order valence-electron chi connectivity index (χ3n) is 6.80. The number of pyridine rings is 1. The molecule has 3 rings (SSSR count). The van der Waals surface area contributed by atoms with Crippen LogP contribution < -0.4 is 0 Å². The minimum atomic E-state index is -0.125. The van der Waals surface area contributed by atoms with E-state index in [1.54, 1.807) is 0 Å². The molecule has 1 aromatic rings. The van der Waals surface area contributed by atoms with Gasteiger partial charge in [0.1, 0.15) is 5.60 Å². The molecule has 5 heteroatoms. The van der Waals surface area contributed by atoms with Crippen molar-refractivity contribution in [3.05, 3.63) is 58.5 Å². The average Bonchev–Trinajstić information content (AvgIpc) is 3.54. The second-order valence-corrected chi connectivity index (χ2v) is 11.1. The van der Waals surface area contributed by atoms with Crippen LogP contribution in [0.5, 0.6) is 0 Å². The number of allylic oxidation sites excluding steroid dienone is 6. The van der Waals surface area contributed by atoms with Gasteiger partial charge in [-0.15, -0.1) is 0 Å². The summed E-state index contributed by atoms with van der Waals surface area (Å²) in [6, 6.07) is 4.10. The van der Waals surface area contributed by atoms with Crippen LogP contribution >= 0.6 is 0 Å². The van der Waals surface area contributed by atoms with Crippen molar-refractivity contribution in [1.29, 1.82) is 0 Å². The van der Waals surface area contributed by atoms with Crippen LogP contribution in [0.15, 0.2) is 52.2 Å². The average molecular weight is 494 g/mol. The number of amides is 1. The van der Waals surface area contributed by atoms with Crippen LogP contribution in [0.2, 0.25) is 0 Å². The monoisotopic (exact) mass is 493 g/mol. The maximum absolute atomic E-state index is 11.7. The third-order valence-corrected chi connectivity index (χ3v) is 6.80. The SMILES string of the molecule is CC1CCN(C(=O)OC2(C)CC2)CC1.CN=CC(/C=C(\C)c1cccnc1C)=C(/C=C(C)C)C(C)C. The first-order valence-corrected chi connectivity index (χ1v) is 13.3. The van der Waals surface area contributed by atoms with Crippen LogP contribution in [0.3, 0.4) is 0 Å². The van der Waals surface area contributed by atoms with Crippen LogP contribution in [0.25, 0.3) is 5.57 Å². The first kappa shape index (κ1) is 29.5. The van der Waals surface area contributed by atoms with Crippen molar-refractivity contribution in [3.8, 4) is 0 Å². The standard InChI is InChI=1S/C20H28N2.C11H19NO2/c1-14(2)11-20(15(3)4)18(13-21-7)12-16(5)19-9-8-10-22-17(19)6;1-9-3-7-12(8-4-9)10(13)14-11(2)5-6-11/h8-13,15H,1-7H3;9H,3-8H2,1-2H3/b16-12+,20-18-,21-13?;. The van der Waals surface area contributed by atoms with Gasteiger partial charge in [0.25, 0.3) is 0 Å². The summed E-state index contributed by atoms with van der Waals surface area (Å²) < 4.78 is 5.41. The molecular weight excluding hydrogens is 446 g/mol. The minimum absolute atomic E-state index is 0.100. The van der Waals surface area contributed by atoms with E-state index >= 15 is 0 Å². The van der Waals surface area contributed by atoms with Gasteiger partial charge in [0, 0.05) is 38.2 Å². The molecule has 0 spiro atoms. The predicted octanol–water partition coefficient (Wildman–Crippen LogP) is 7.82. The number of rotatable bonds is 6. The summed E-state index contributed by atoms with van der Waals surface area (Å²) >= 11 is 0. The Bertz CT molecular complexity index is 1000. The summed E-state index contributed by atoms with van der Waals surface area (Å²) in [6.45, 7) is 18.9. The second kappa shape index (κ2) is 13.6. The van der Waals surface area contributed by atoms with E-state index in [4.69, 9.17) is 4.74 Å². The largest absolute Gasteiger partial charge is 0.443 e. The molecule has 2 aliphatic rings. The first-order valence-electron chi connectivity index (χ1n) is 13.3. The molecule has 0 atom stereocenters. The van der Waals surface area contributed by atoms with Gasteiger partial charge < -0.3 is 9.64 Å². The highest BCUT2D eigenvalue weighted by Crippen LogP contribution is 2.39.